The third-order valence-electron chi connectivity index (χ3n) is 1.89. The molecule has 1 unspecified atom stereocenters. The molecule has 0 amide bonds. The summed E-state index contributed by atoms with van der Waals surface area (Å²) in [5.74, 6) is -0.994. The second kappa shape index (κ2) is 5.96. The lowest BCUT2D eigenvalue weighted by Crippen LogP contribution is -2.03. The number of hydrogen-bond donors (Lipinski definition) is 1. The third kappa shape index (κ3) is 3.28. The quantitative estimate of drug-likeness (QED) is 0.889. The Balaban J connectivity index is 2.94. The molecule has 0 bridgehead atoms. The molecule has 3 nitrogen and oxygen atoms in total. The van der Waals surface area contributed by atoms with Crippen molar-refractivity contribution in [2.45, 2.75) is 11.3 Å². The predicted molar refractivity (Wildman–Crippen MR) is 60.3 cm³/mol. The summed E-state index contributed by atoms with van der Waals surface area (Å²) in [6, 6.07) is 4.13. The molecular weight excluding hydrogens is 255 g/mol. The van der Waals surface area contributed by atoms with E-state index < -0.39 is 23.4 Å². The standard InChI is InChI=1S/C10H10ClFO3S/c11-9-3-2-7(6-8(9)10(13)14)16(15)5-1-4-12/h2-3,6H,1,4-5H2,(H,13,14). The molecule has 0 heterocycles. The first-order valence-electron chi connectivity index (χ1n) is 4.53. The highest BCUT2D eigenvalue weighted by Gasteiger charge is 2.12. The van der Waals surface area contributed by atoms with Crippen molar-refractivity contribution < 1.29 is 18.5 Å². The maximum Gasteiger partial charge on any atom is 0.337 e. The van der Waals surface area contributed by atoms with E-state index in [1.54, 1.807) is 0 Å². The van der Waals surface area contributed by atoms with E-state index in [2.05, 4.69) is 0 Å². The molecule has 1 atom stereocenters. The first-order valence-corrected chi connectivity index (χ1v) is 6.23. The van der Waals surface area contributed by atoms with Crippen LogP contribution in [0, 0.1) is 0 Å². The Morgan fingerprint density at radius 3 is 2.75 bits per heavy atom. The number of halogens is 2. The van der Waals surface area contributed by atoms with E-state index in [1.807, 2.05) is 0 Å². The smallest absolute Gasteiger partial charge is 0.337 e. The van der Waals surface area contributed by atoms with Crippen LogP contribution in [0.3, 0.4) is 0 Å². The van der Waals surface area contributed by atoms with E-state index in [0.29, 0.717) is 4.90 Å². The number of rotatable bonds is 5. The first-order chi connectivity index (χ1) is 7.56. The van der Waals surface area contributed by atoms with Crippen molar-refractivity contribution in [3.8, 4) is 0 Å². The molecule has 0 aromatic heterocycles. The molecule has 16 heavy (non-hydrogen) atoms. The summed E-state index contributed by atoms with van der Waals surface area (Å²) >= 11 is 5.66. The molecular formula is C10H10ClFO3S. The zero-order chi connectivity index (χ0) is 12.1. The van der Waals surface area contributed by atoms with E-state index in [4.69, 9.17) is 16.7 Å². The van der Waals surface area contributed by atoms with Crippen LogP contribution in [0.1, 0.15) is 16.8 Å². The Morgan fingerprint density at radius 2 is 2.19 bits per heavy atom. The Kier molecular flexibility index (Phi) is 4.89. The molecule has 0 aliphatic rings. The molecule has 0 fully saturated rings. The van der Waals surface area contributed by atoms with E-state index in [1.165, 1.54) is 18.2 Å². The maximum absolute atomic E-state index is 11.9. The number of benzene rings is 1. The minimum absolute atomic E-state index is 0.0900. The van der Waals surface area contributed by atoms with Gasteiger partial charge in [0.2, 0.25) is 0 Å². The van der Waals surface area contributed by atoms with Crippen LogP contribution in [0.25, 0.3) is 0 Å². The SMILES string of the molecule is O=C(O)c1cc(S(=O)CCCF)ccc1Cl. The molecule has 0 radical (unpaired) electrons. The second-order valence-electron chi connectivity index (χ2n) is 3.04. The minimum atomic E-state index is -1.38. The van der Waals surface area contributed by atoms with Crippen molar-refractivity contribution in [3.05, 3.63) is 28.8 Å². The molecule has 1 aromatic rings. The van der Waals surface area contributed by atoms with E-state index in [9.17, 15) is 13.4 Å². The molecule has 0 aliphatic heterocycles. The Labute approximate surface area is 99.7 Å². The summed E-state index contributed by atoms with van der Waals surface area (Å²) < 4.78 is 23.5. The maximum atomic E-state index is 11.9. The van der Waals surface area contributed by atoms with Gasteiger partial charge in [0.05, 0.1) is 28.1 Å². The molecule has 1 N–H and O–H groups in total. The van der Waals surface area contributed by atoms with Crippen molar-refractivity contribution in [2.75, 3.05) is 12.4 Å². The van der Waals surface area contributed by atoms with Crippen LogP contribution in [0.5, 0.6) is 0 Å². The number of carbonyl (C=O) groups is 1. The fourth-order valence-corrected chi connectivity index (χ4v) is 2.39. The number of carboxylic acid groups (broad SMARTS) is 1. The first kappa shape index (κ1) is 13.1. The zero-order valence-electron chi connectivity index (χ0n) is 8.28. The Morgan fingerprint density at radius 1 is 1.50 bits per heavy atom. The lowest BCUT2D eigenvalue weighted by Gasteiger charge is -2.03. The summed E-state index contributed by atoms with van der Waals surface area (Å²) in [5, 5.41) is 8.90. The van der Waals surface area contributed by atoms with Crippen LogP contribution in [-0.4, -0.2) is 27.7 Å². The van der Waals surface area contributed by atoms with Gasteiger partial charge in [-0.2, -0.15) is 0 Å². The van der Waals surface area contributed by atoms with E-state index >= 15 is 0 Å². The van der Waals surface area contributed by atoms with Crippen LogP contribution >= 0.6 is 11.6 Å². The highest BCUT2D eigenvalue weighted by atomic mass is 35.5. The summed E-state index contributed by atoms with van der Waals surface area (Å²) in [4.78, 5) is 11.1. The van der Waals surface area contributed by atoms with Gasteiger partial charge < -0.3 is 5.11 Å². The fraction of sp³-hybridized carbons (Fsp3) is 0.300. The Hall–Kier alpha value is -0.940. The second-order valence-corrected chi connectivity index (χ2v) is 5.02. The van der Waals surface area contributed by atoms with Gasteiger partial charge in [-0.3, -0.25) is 8.60 Å². The normalized spacial score (nSPS) is 12.4. The number of carboxylic acids is 1. The molecule has 0 saturated heterocycles. The van der Waals surface area contributed by atoms with Gasteiger partial charge in [0, 0.05) is 10.6 Å². The zero-order valence-corrected chi connectivity index (χ0v) is 9.85. The highest BCUT2D eigenvalue weighted by Crippen LogP contribution is 2.20. The topological polar surface area (TPSA) is 54.4 Å². The molecule has 1 rings (SSSR count). The molecule has 88 valence electrons. The van der Waals surface area contributed by atoms with Gasteiger partial charge >= 0.3 is 5.97 Å². The molecule has 0 aliphatic carbocycles. The van der Waals surface area contributed by atoms with Gasteiger partial charge in [0.15, 0.2) is 0 Å². The largest absolute Gasteiger partial charge is 0.478 e. The molecule has 1 aromatic carbocycles. The fourth-order valence-electron chi connectivity index (χ4n) is 1.11. The van der Waals surface area contributed by atoms with Gasteiger partial charge in [-0.1, -0.05) is 11.6 Å². The predicted octanol–water partition coefficient (Wildman–Crippen LogP) is 2.51. The minimum Gasteiger partial charge on any atom is -0.478 e. The summed E-state index contributed by atoms with van der Waals surface area (Å²) in [5.41, 5.74) is -0.0900. The number of hydrogen-bond acceptors (Lipinski definition) is 2. The Bertz CT molecular complexity index is 423. The van der Waals surface area contributed by atoms with Crippen molar-refractivity contribution in [2.24, 2.45) is 0 Å². The van der Waals surface area contributed by atoms with Crippen LogP contribution in [0.15, 0.2) is 23.1 Å². The van der Waals surface area contributed by atoms with Crippen molar-refractivity contribution in [3.63, 3.8) is 0 Å². The van der Waals surface area contributed by atoms with Gasteiger partial charge in [0.1, 0.15) is 0 Å². The molecule has 6 heteroatoms. The number of alkyl halides is 1. The highest BCUT2D eigenvalue weighted by molar-refractivity contribution is 7.85. The lowest BCUT2D eigenvalue weighted by molar-refractivity contribution is 0.0697. The lowest BCUT2D eigenvalue weighted by atomic mass is 10.2. The van der Waals surface area contributed by atoms with Crippen LogP contribution in [-0.2, 0) is 10.8 Å². The average Bonchev–Trinajstić information content (AvgIpc) is 2.26. The van der Waals surface area contributed by atoms with Crippen molar-refractivity contribution >= 4 is 28.4 Å². The average molecular weight is 265 g/mol. The van der Waals surface area contributed by atoms with Crippen LogP contribution in [0.4, 0.5) is 4.39 Å². The molecule has 0 spiro atoms. The van der Waals surface area contributed by atoms with Crippen molar-refractivity contribution in [1.82, 2.24) is 0 Å². The summed E-state index contributed by atoms with van der Waals surface area (Å²) in [6.07, 6.45) is 0.192. The van der Waals surface area contributed by atoms with Gasteiger partial charge in [-0.05, 0) is 24.6 Å². The third-order valence-corrected chi connectivity index (χ3v) is 3.66. The summed E-state index contributed by atoms with van der Waals surface area (Å²) in [6.45, 7) is -0.537. The van der Waals surface area contributed by atoms with E-state index in [0.717, 1.165) is 0 Å². The monoisotopic (exact) mass is 264 g/mol. The van der Waals surface area contributed by atoms with Gasteiger partial charge in [-0.15, -0.1) is 0 Å². The molecule has 0 saturated carbocycles. The van der Waals surface area contributed by atoms with E-state index in [-0.39, 0.29) is 22.8 Å². The number of aromatic carboxylic acids is 1. The van der Waals surface area contributed by atoms with Gasteiger partial charge in [0.25, 0.3) is 0 Å². The van der Waals surface area contributed by atoms with Crippen molar-refractivity contribution in [1.29, 1.82) is 0 Å². The van der Waals surface area contributed by atoms with Gasteiger partial charge in [-0.25, -0.2) is 4.79 Å². The van der Waals surface area contributed by atoms with Crippen LogP contribution < -0.4 is 0 Å². The van der Waals surface area contributed by atoms with Crippen LogP contribution in [0.2, 0.25) is 5.02 Å². The summed E-state index contributed by atoms with van der Waals surface area (Å²) in [7, 11) is -1.38.